The predicted molar refractivity (Wildman–Crippen MR) is 116 cm³/mol. The molecular weight excluding hydrogens is 433 g/mol. The van der Waals surface area contributed by atoms with Gasteiger partial charge in [-0.1, -0.05) is 18.2 Å². The molecule has 2 heterocycles. The number of nitrogens with zero attached hydrogens (tertiary/aromatic N) is 2. The Morgan fingerprint density at radius 3 is 2.52 bits per heavy atom. The van der Waals surface area contributed by atoms with Gasteiger partial charge in [0.1, 0.15) is 29.8 Å². The first-order valence-corrected chi connectivity index (χ1v) is 10.3. The number of pyridine rings is 1. The van der Waals surface area contributed by atoms with E-state index >= 15 is 0 Å². The molecule has 1 N–H and O–H groups in total. The van der Waals surface area contributed by atoms with Crippen molar-refractivity contribution in [2.45, 2.75) is 25.9 Å². The molecule has 0 bridgehead atoms. The molecule has 0 amide bonds. The van der Waals surface area contributed by atoms with Crippen LogP contribution in [0.4, 0.5) is 13.2 Å². The number of aryl methyl sites for hydroxylation is 1. The van der Waals surface area contributed by atoms with Crippen molar-refractivity contribution in [1.29, 1.82) is 0 Å². The zero-order chi connectivity index (χ0) is 23.5. The summed E-state index contributed by atoms with van der Waals surface area (Å²) in [4.78, 5) is 17.6. The van der Waals surface area contributed by atoms with E-state index in [0.29, 0.717) is 22.6 Å². The summed E-state index contributed by atoms with van der Waals surface area (Å²) in [5.74, 6) is -2.50. The lowest BCUT2D eigenvalue weighted by atomic mass is 9.93. The van der Waals surface area contributed by atoms with E-state index in [1.54, 1.807) is 35.7 Å². The van der Waals surface area contributed by atoms with Gasteiger partial charge in [-0.2, -0.15) is 0 Å². The average Bonchev–Trinajstić information content (AvgIpc) is 3.13. The summed E-state index contributed by atoms with van der Waals surface area (Å²) in [6.45, 7) is 0.990. The Bertz CT molecular complexity index is 1300. The highest BCUT2D eigenvalue weighted by molar-refractivity contribution is 5.97. The molecule has 4 rings (SSSR count). The molecule has 0 saturated heterocycles. The maximum atomic E-state index is 13.9. The summed E-state index contributed by atoms with van der Waals surface area (Å²) in [6, 6.07) is 12.6. The van der Waals surface area contributed by atoms with Gasteiger partial charge in [-0.15, -0.1) is 0 Å². The number of ketones is 1. The van der Waals surface area contributed by atoms with Gasteiger partial charge in [0.2, 0.25) is 0 Å². The van der Waals surface area contributed by atoms with Crippen molar-refractivity contribution in [2.75, 3.05) is 6.61 Å². The number of halogens is 3. The number of ether oxygens (including phenoxy) is 1. The Kier molecular flexibility index (Phi) is 6.46. The summed E-state index contributed by atoms with van der Waals surface area (Å²) in [5.41, 5.74) is 1.36. The molecule has 2 aromatic heterocycles. The number of rotatable bonds is 8. The van der Waals surface area contributed by atoms with E-state index in [0.717, 1.165) is 12.1 Å². The number of benzene rings is 2. The van der Waals surface area contributed by atoms with Crippen LogP contribution in [0, 0.1) is 24.4 Å². The monoisotopic (exact) mass is 454 g/mol. The lowest BCUT2D eigenvalue weighted by Gasteiger charge is -2.14. The van der Waals surface area contributed by atoms with Crippen molar-refractivity contribution in [3.8, 4) is 5.75 Å². The van der Waals surface area contributed by atoms with Crippen molar-refractivity contribution in [3.63, 3.8) is 0 Å². The van der Waals surface area contributed by atoms with E-state index in [1.165, 1.54) is 24.3 Å². The van der Waals surface area contributed by atoms with Crippen LogP contribution in [0.15, 0.2) is 60.8 Å². The van der Waals surface area contributed by atoms with Crippen LogP contribution in [0.1, 0.15) is 39.6 Å². The smallest absolute Gasteiger partial charge is 0.182 e. The molecule has 0 aliphatic heterocycles. The van der Waals surface area contributed by atoms with Gasteiger partial charge in [0.05, 0.1) is 17.9 Å². The highest BCUT2D eigenvalue weighted by Gasteiger charge is 2.23. The van der Waals surface area contributed by atoms with Gasteiger partial charge in [0.15, 0.2) is 17.2 Å². The van der Waals surface area contributed by atoms with Crippen LogP contribution in [-0.2, 0) is 6.61 Å². The normalized spacial score (nSPS) is 12.2. The average molecular weight is 454 g/mol. The van der Waals surface area contributed by atoms with E-state index in [-0.39, 0.29) is 36.7 Å². The van der Waals surface area contributed by atoms with Crippen LogP contribution in [0.5, 0.6) is 5.75 Å². The molecular formula is C25H21F3N2O3. The number of hydrogen-bond donors (Lipinski definition) is 1. The van der Waals surface area contributed by atoms with E-state index < -0.39 is 23.4 Å². The first-order valence-electron chi connectivity index (χ1n) is 10.3. The van der Waals surface area contributed by atoms with Crippen LogP contribution in [0.3, 0.4) is 0 Å². The lowest BCUT2D eigenvalue weighted by molar-refractivity contribution is 0.0953. The molecule has 8 heteroatoms. The second-order valence-corrected chi connectivity index (χ2v) is 7.66. The lowest BCUT2D eigenvalue weighted by Crippen LogP contribution is -2.14. The largest absolute Gasteiger partial charge is 0.485 e. The van der Waals surface area contributed by atoms with Gasteiger partial charge < -0.3 is 9.84 Å². The quantitative estimate of drug-likeness (QED) is 0.381. The van der Waals surface area contributed by atoms with Crippen molar-refractivity contribution < 1.29 is 27.8 Å². The SMILES string of the molecule is Cc1nc2c(OCc3c(F)cccc3F)cccn2c1C(=O)C[C@@H](CO)c1cccc(F)c1. The zero-order valence-corrected chi connectivity index (χ0v) is 17.8. The Balaban J connectivity index is 1.61. The maximum Gasteiger partial charge on any atom is 0.182 e. The molecule has 1 atom stereocenters. The van der Waals surface area contributed by atoms with Crippen LogP contribution in [-0.4, -0.2) is 26.9 Å². The van der Waals surface area contributed by atoms with Gasteiger partial charge in [-0.25, -0.2) is 18.2 Å². The molecule has 2 aromatic carbocycles. The number of carbonyl (C=O) groups is 1. The highest BCUT2D eigenvalue weighted by Crippen LogP contribution is 2.27. The van der Waals surface area contributed by atoms with Crippen molar-refractivity contribution >= 4 is 11.4 Å². The van der Waals surface area contributed by atoms with E-state index in [1.807, 2.05) is 0 Å². The number of fused-ring (bicyclic) bond motifs is 1. The third-order valence-corrected chi connectivity index (χ3v) is 5.46. The molecule has 0 spiro atoms. The minimum atomic E-state index is -0.718. The Morgan fingerprint density at radius 2 is 1.82 bits per heavy atom. The van der Waals surface area contributed by atoms with Gasteiger partial charge in [0.25, 0.3) is 0 Å². The van der Waals surface area contributed by atoms with Gasteiger partial charge in [-0.3, -0.25) is 9.20 Å². The van der Waals surface area contributed by atoms with Crippen LogP contribution >= 0.6 is 0 Å². The van der Waals surface area contributed by atoms with E-state index in [4.69, 9.17) is 4.74 Å². The molecule has 0 unspecified atom stereocenters. The zero-order valence-electron chi connectivity index (χ0n) is 17.8. The molecule has 0 saturated carbocycles. The molecule has 4 aromatic rings. The molecule has 5 nitrogen and oxygen atoms in total. The minimum Gasteiger partial charge on any atom is -0.485 e. The summed E-state index contributed by atoms with van der Waals surface area (Å²) in [7, 11) is 0. The van der Waals surface area contributed by atoms with Crippen LogP contribution < -0.4 is 4.74 Å². The summed E-state index contributed by atoms with van der Waals surface area (Å²) in [6.07, 6.45) is 1.58. The highest BCUT2D eigenvalue weighted by atomic mass is 19.1. The Hall–Kier alpha value is -3.65. The second kappa shape index (κ2) is 9.46. The third kappa shape index (κ3) is 4.61. The topological polar surface area (TPSA) is 63.8 Å². The molecule has 0 aliphatic rings. The van der Waals surface area contributed by atoms with Gasteiger partial charge in [-0.05, 0) is 48.9 Å². The molecule has 0 radical (unpaired) electrons. The fourth-order valence-electron chi connectivity index (χ4n) is 3.79. The molecule has 0 fully saturated rings. The Labute approximate surface area is 188 Å². The summed E-state index contributed by atoms with van der Waals surface area (Å²) in [5, 5.41) is 9.79. The summed E-state index contributed by atoms with van der Waals surface area (Å²) >= 11 is 0. The number of imidazole rings is 1. The van der Waals surface area contributed by atoms with Crippen molar-refractivity contribution in [3.05, 3.63) is 101 Å². The van der Waals surface area contributed by atoms with Crippen LogP contribution in [0.25, 0.3) is 5.65 Å². The van der Waals surface area contributed by atoms with E-state index in [9.17, 15) is 23.1 Å². The first-order chi connectivity index (χ1) is 15.9. The Morgan fingerprint density at radius 1 is 1.09 bits per heavy atom. The van der Waals surface area contributed by atoms with E-state index in [2.05, 4.69) is 4.98 Å². The molecule has 33 heavy (non-hydrogen) atoms. The number of hydrogen-bond acceptors (Lipinski definition) is 4. The fourth-order valence-corrected chi connectivity index (χ4v) is 3.79. The van der Waals surface area contributed by atoms with Crippen molar-refractivity contribution in [1.82, 2.24) is 9.38 Å². The van der Waals surface area contributed by atoms with Crippen LogP contribution in [0.2, 0.25) is 0 Å². The van der Waals surface area contributed by atoms with Crippen molar-refractivity contribution in [2.24, 2.45) is 0 Å². The van der Waals surface area contributed by atoms with Gasteiger partial charge in [0, 0.05) is 18.5 Å². The maximum absolute atomic E-state index is 13.9. The number of aromatic nitrogens is 2. The number of carbonyl (C=O) groups excluding carboxylic acids is 1. The van der Waals surface area contributed by atoms with Gasteiger partial charge >= 0.3 is 0 Å². The predicted octanol–water partition coefficient (Wildman–Crippen LogP) is 4.99. The fraction of sp³-hybridized carbons (Fsp3) is 0.200. The second-order valence-electron chi connectivity index (χ2n) is 7.66. The summed E-state index contributed by atoms with van der Waals surface area (Å²) < 4.78 is 48.6. The number of aliphatic hydroxyl groups excluding tert-OH is 1. The first kappa shape index (κ1) is 22.5. The number of Topliss-reactive ketones (excluding diaryl/α,β-unsaturated/α-hetero) is 1. The molecule has 0 aliphatic carbocycles. The number of aliphatic hydroxyl groups is 1. The minimum absolute atomic E-state index is 0.0554. The molecule has 170 valence electrons. The third-order valence-electron chi connectivity index (χ3n) is 5.46. The standard InChI is InChI=1S/C25H21F3N2O3/c1-15-24(22(32)12-17(13-31)16-5-2-6-18(26)11-16)30-10-4-9-23(25(30)29-15)33-14-19-20(27)7-3-8-21(19)28/h2-11,17,31H,12-14H2,1H3/t17-/m0/s1.